The Labute approximate surface area is 81.6 Å². The molecular formula is C10H11N3O. The lowest BCUT2D eigenvalue weighted by atomic mass is 10.1. The molecule has 0 atom stereocenters. The molecule has 0 spiro atoms. The van der Waals surface area contributed by atoms with E-state index in [1.165, 1.54) is 19.0 Å². The van der Waals surface area contributed by atoms with E-state index in [4.69, 9.17) is 5.26 Å². The fourth-order valence-electron chi connectivity index (χ4n) is 1.90. The average molecular weight is 189 g/mol. The fraction of sp³-hybridized carbons (Fsp3) is 0.500. The standard InChI is InChI=1S/C10H11N3O/c11-5-8-6-12-9(13-10(8)14)7-3-1-2-4-7/h6-7H,1-4H2,(H,12,13,14). The van der Waals surface area contributed by atoms with Gasteiger partial charge >= 0.3 is 0 Å². The van der Waals surface area contributed by atoms with Crippen molar-refractivity contribution in [3.05, 3.63) is 27.9 Å². The van der Waals surface area contributed by atoms with E-state index in [1.807, 2.05) is 0 Å². The monoisotopic (exact) mass is 189 g/mol. The van der Waals surface area contributed by atoms with Crippen LogP contribution in [-0.2, 0) is 0 Å². The van der Waals surface area contributed by atoms with Crippen LogP contribution >= 0.6 is 0 Å². The SMILES string of the molecule is N#Cc1cnc(C2CCCC2)[nH]c1=O. The molecule has 0 radical (unpaired) electrons. The first-order chi connectivity index (χ1) is 6.81. The molecule has 0 bridgehead atoms. The minimum atomic E-state index is -0.315. The zero-order valence-corrected chi connectivity index (χ0v) is 7.79. The second kappa shape index (κ2) is 3.62. The molecule has 1 N–H and O–H groups in total. The number of nitriles is 1. The number of aromatic amines is 1. The molecule has 4 heteroatoms. The van der Waals surface area contributed by atoms with Crippen LogP contribution in [0.4, 0.5) is 0 Å². The van der Waals surface area contributed by atoms with Gasteiger partial charge in [-0.3, -0.25) is 4.79 Å². The van der Waals surface area contributed by atoms with E-state index in [1.54, 1.807) is 6.07 Å². The molecule has 1 aromatic rings. The Balaban J connectivity index is 2.33. The normalized spacial score (nSPS) is 16.8. The van der Waals surface area contributed by atoms with Crippen molar-refractivity contribution in [1.82, 2.24) is 9.97 Å². The van der Waals surface area contributed by atoms with Crippen LogP contribution in [0.3, 0.4) is 0 Å². The third-order valence-electron chi connectivity index (χ3n) is 2.68. The average Bonchev–Trinajstić information content (AvgIpc) is 2.70. The van der Waals surface area contributed by atoms with Gasteiger partial charge in [-0.15, -0.1) is 0 Å². The topological polar surface area (TPSA) is 69.5 Å². The van der Waals surface area contributed by atoms with Gasteiger partial charge in [0, 0.05) is 5.92 Å². The van der Waals surface area contributed by atoms with Gasteiger partial charge in [-0.05, 0) is 12.8 Å². The summed E-state index contributed by atoms with van der Waals surface area (Å²) in [5.74, 6) is 1.13. The van der Waals surface area contributed by atoms with Crippen LogP contribution in [0.5, 0.6) is 0 Å². The van der Waals surface area contributed by atoms with Gasteiger partial charge < -0.3 is 4.98 Å². The van der Waals surface area contributed by atoms with Crippen LogP contribution in [0.1, 0.15) is 43.0 Å². The van der Waals surface area contributed by atoms with E-state index in [0.717, 1.165) is 18.7 Å². The Morgan fingerprint density at radius 1 is 1.50 bits per heavy atom. The van der Waals surface area contributed by atoms with Crippen LogP contribution in [0, 0.1) is 11.3 Å². The molecule has 14 heavy (non-hydrogen) atoms. The van der Waals surface area contributed by atoms with Gasteiger partial charge in [0.05, 0.1) is 6.20 Å². The summed E-state index contributed by atoms with van der Waals surface area (Å²) in [5, 5.41) is 8.56. The van der Waals surface area contributed by atoms with Crippen LogP contribution in [-0.4, -0.2) is 9.97 Å². The molecule has 72 valence electrons. The molecule has 0 aromatic carbocycles. The molecule has 1 fully saturated rings. The van der Waals surface area contributed by atoms with Crippen LogP contribution in [0.15, 0.2) is 11.0 Å². The van der Waals surface area contributed by atoms with Crippen molar-refractivity contribution in [2.45, 2.75) is 31.6 Å². The van der Waals surface area contributed by atoms with Gasteiger partial charge in [0.2, 0.25) is 0 Å². The zero-order chi connectivity index (χ0) is 9.97. The second-order valence-corrected chi connectivity index (χ2v) is 3.60. The van der Waals surface area contributed by atoms with Crippen molar-refractivity contribution < 1.29 is 0 Å². The molecule has 1 aliphatic carbocycles. The molecule has 4 nitrogen and oxygen atoms in total. The minimum absolute atomic E-state index is 0.0896. The third kappa shape index (κ3) is 1.53. The predicted octanol–water partition coefficient (Wildman–Crippen LogP) is 1.30. The van der Waals surface area contributed by atoms with E-state index < -0.39 is 0 Å². The van der Waals surface area contributed by atoms with Crippen LogP contribution < -0.4 is 5.56 Å². The van der Waals surface area contributed by atoms with Gasteiger partial charge in [-0.25, -0.2) is 4.98 Å². The van der Waals surface area contributed by atoms with Crippen molar-refractivity contribution in [1.29, 1.82) is 5.26 Å². The maximum Gasteiger partial charge on any atom is 0.268 e. The zero-order valence-electron chi connectivity index (χ0n) is 7.79. The van der Waals surface area contributed by atoms with Crippen molar-refractivity contribution in [2.75, 3.05) is 0 Å². The summed E-state index contributed by atoms with van der Waals surface area (Å²) in [6, 6.07) is 1.81. The molecule has 2 rings (SSSR count). The third-order valence-corrected chi connectivity index (χ3v) is 2.68. The summed E-state index contributed by atoms with van der Waals surface area (Å²) >= 11 is 0. The highest BCUT2D eigenvalue weighted by Crippen LogP contribution is 2.31. The van der Waals surface area contributed by atoms with Crippen molar-refractivity contribution >= 4 is 0 Å². The summed E-state index contributed by atoms with van der Waals surface area (Å²) in [6.07, 6.45) is 5.96. The van der Waals surface area contributed by atoms with E-state index in [2.05, 4.69) is 9.97 Å². The molecule has 0 aliphatic heterocycles. The lowest BCUT2D eigenvalue weighted by Gasteiger charge is -2.06. The first-order valence-electron chi connectivity index (χ1n) is 4.80. The lowest BCUT2D eigenvalue weighted by Crippen LogP contribution is -2.15. The summed E-state index contributed by atoms with van der Waals surface area (Å²) in [7, 11) is 0. The molecule has 0 saturated heterocycles. The first kappa shape index (κ1) is 8.95. The highest BCUT2D eigenvalue weighted by Gasteiger charge is 2.19. The summed E-state index contributed by atoms with van der Waals surface area (Å²) in [4.78, 5) is 18.1. The second-order valence-electron chi connectivity index (χ2n) is 3.60. The molecule has 1 aromatic heterocycles. The number of nitrogens with zero attached hydrogens (tertiary/aromatic N) is 2. The number of hydrogen-bond acceptors (Lipinski definition) is 3. The van der Waals surface area contributed by atoms with Crippen LogP contribution in [0.25, 0.3) is 0 Å². The number of aromatic nitrogens is 2. The van der Waals surface area contributed by atoms with Gasteiger partial charge in [-0.2, -0.15) is 5.26 Å². The number of hydrogen-bond donors (Lipinski definition) is 1. The Hall–Kier alpha value is -1.63. The number of rotatable bonds is 1. The van der Waals surface area contributed by atoms with Crippen molar-refractivity contribution in [3.63, 3.8) is 0 Å². The Kier molecular flexibility index (Phi) is 2.32. The fourth-order valence-corrected chi connectivity index (χ4v) is 1.90. The largest absolute Gasteiger partial charge is 0.309 e. The highest BCUT2D eigenvalue weighted by atomic mass is 16.1. The van der Waals surface area contributed by atoms with Crippen LogP contribution in [0.2, 0.25) is 0 Å². The Bertz CT molecular complexity index is 424. The summed E-state index contributed by atoms with van der Waals surface area (Å²) in [5.41, 5.74) is -0.226. The van der Waals surface area contributed by atoms with E-state index in [-0.39, 0.29) is 11.1 Å². The molecular weight excluding hydrogens is 178 g/mol. The summed E-state index contributed by atoms with van der Waals surface area (Å²) in [6.45, 7) is 0. The van der Waals surface area contributed by atoms with E-state index in [0.29, 0.717) is 5.92 Å². The number of H-pyrrole nitrogens is 1. The molecule has 1 aliphatic rings. The van der Waals surface area contributed by atoms with E-state index in [9.17, 15) is 4.79 Å². The molecule has 0 amide bonds. The predicted molar refractivity (Wildman–Crippen MR) is 50.8 cm³/mol. The lowest BCUT2D eigenvalue weighted by molar-refractivity contribution is 0.663. The van der Waals surface area contributed by atoms with Crippen molar-refractivity contribution in [3.8, 4) is 6.07 Å². The summed E-state index contributed by atoms with van der Waals surface area (Å²) < 4.78 is 0. The minimum Gasteiger partial charge on any atom is -0.309 e. The number of nitrogens with one attached hydrogen (secondary N) is 1. The molecule has 0 unspecified atom stereocenters. The smallest absolute Gasteiger partial charge is 0.268 e. The van der Waals surface area contributed by atoms with E-state index >= 15 is 0 Å². The Morgan fingerprint density at radius 2 is 2.21 bits per heavy atom. The maximum absolute atomic E-state index is 11.3. The quantitative estimate of drug-likeness (QED) is 0.723. The molecule has 1 heterocycles. The van der Waals surface area contributed by atoms with Gasteiger partial charge in [0.1, 0.15) is 17.5 Å². The van der Waals surface area contributed by atoms with Crippen molar-refractivity contribution in [2.24, 2.45) is 0 Å². The maximum atomic E-state index is 11.3. The van der Waals surface area contributed by atoms with Gasteiger partial charge in [-0.1, -0.05) is 12.8 Å². The molecule has 1 saturated carbocycles. The highest BCUT2D eigenvalue weighted by molar-refractivity contribution is 5.22. The van der Waals surface area contributed by atoms with Gasteiger partial charge in [0.25, 0.3) is 5.56 Å². The first-order valence-corrected chi connectivity index (χ1v) is 4.80. The van der Waals surface area contributed by atoms with Gasteiger partial charge in [0.15, 0.2) is 0 Å². The Morgan fingerprint density at radius 3 is 2.79 bits per heavy atom.